The Hall–Kier alpha value is -2.86. The van der Waals surface area contributed by atoms with E-state index in [2.05, 4.69) is 24.9 Å². The average Bonchev–Trinajstić information content (AvgIpc) is 3.39. The summed E-state index contributed by atoms with van der Waals surface area (Å²) in [5.74, 6) is 0.376. The lowest BCUT2D eigenvalue weighted by Gasteiger charge is -2.30. The summed E-state index contributed by atoms with van der Waals surface area (Å²) in [5.41, 5.74) is 0.136. The molecular weight excluding hydrogens is 488 g/mol. The predicted octanol–water partition coefficient (Wildman–Crippen LogP) is 2.57. The molecule has 178 valence electrons. The first kappa shape index (κ1) is 22.9. The third-order valence-electron chi connectivity index (χ3n) is 5.65. The quantitative estimate of drug-likeness (QED) is 0.534. The van der Waals surface area contributed by atoms with Crippen molar-refractivity contribution in [1.82, 2.24) is 24.9 Å². The van der Waals surface area contributed by atoms with Crippen molar-refractivity contribution in [2.24, 2.45) is 0 Å². The number of benzene rings is 1. The molecule has 0 spiro atoms. The SMILES string of the molecule is Cc1nc(-c2nnc(C(F)F)s2)c2cc(S(=O)(=O)NC3(C#N)CC3)cc(N3CCOCC3)c2n1. The number of anilines is 1. The Labute approximate surface area is 197 Å². The van der Waals surface area contributed by atoms with Crippen molar-refractivity contribution in [1.29, 1.82) is 5.26 Å². The highest BCUT2D eigenvalue weighted by Gasteiger charge is 2.47. The van der Waals surface area contributed by atoms with Crippen molar-refractivity contribution in [2.45, 2.75) is 36.6 Å². The average molecular weight is 508 g/mol. The molecule has 1 aliphatic heterocycles. The number of alkyl halides is 2. The Balaban J connectivity index is 1.73. The first-order valence-corrected chi connectivity index (χ1v) is 12.7. The van der Waals surface area contributed by atoms with E-state index in [1.807, 2.05) is 11.0 Å². The largest absolute Gasteiger partial charge is 0.378 e. The van der Waals surface area contributed by atoms with Gasteiger partial charge in [0.05, 0.1) is 35.4 Å². The molecule has 1 aliphatic carbocycles. The number of morpholine rings is 1. The summed E-state index contributed by atoms with van der Waals surface area (Å²) in [6.07, 6.45) is -1.92. The molecule has 0 atom stereocenters. The van der Waals surface area contributed by atoms with Crippen molar-refractivity contribution in [2.75, 3.05) is 31.2 Å². The highest BCUT2D eigenvalue weighted by Crippen LogP contribution is 2.39. The van der Waals surface area contributed by atoms with Crippen molar-refractivity contribution in [3.05, 3.63) is 23.0 Å². The minimum absolute atomic E-state index is 0.0738. The summed E-state index contributed by atoms with van der Waals surface area (Å²) >= 11 is 0.692. The summed E-state index contributed by atoms with van der Waals surface area (Å²) < 4.78 is 60.8. The molecule has 5 rings (SSSR count). The lowest BCUT2D eigenvalue weighted by Crippen LogP contribution is -2.37. The van der Waals surface area contributed by atoms with Crippen LogP contribution in [0.3, 0.4) is 0 Å². The van der Waals surface area contributed by atoms with Gasteiger partial charge in [0.1, 0.15) is 17.1 Å². The number of halogens is 2. The number of nitriles is 1. The van der Waals surface area contributed by atoms with Crippen molar-refractivity contribution >= 4 is 38.0 Å². The summed E-state index contributed by atoms with van der Waals surface area (Å²) in [6.45, 7) is 3.61. The minimum atomic E-state index is -4.08. The zero-order valence-corrected chi connectivity index (χ0v) is 19.6. The first-order chi connectivity index (χ1) is 16.2. The molecule has 3 aromatic rings. The predicted molar refractivity (Wildman–Crippen MR) is 119 cm³/mol. The molecule has 2 aliphatic rings. The second-order valence-corrected chi connectivity index (χ2v) is 10.8. The number of rotatable bonds is 6. The highest BCUT2D eigenvalue weighted by molar-refractivity contribution is 7.89. The Kier molecular flexibility index (Phi) is 5.67. The molecule has 0 bridgehead atoms. The zero-order chi connectivity index (χ0) is 24.1. The molecule has 14 heteroatoms. The third kappa shape index (κ3) is 4.20. The van der Waals surface area contributed by atoms with E-state index >= 15 is 0 Å². The molecular formula is C20H19F2N7O3S2. The molecule has 0 unspecified atom stereocenters. The summed E-state index contributed by atoms with van der Waals surface area (Å²) in [5, 5.41) is 16.8. The van der Waals surface area contributed by atoms with Crippen LogP contribution in [0.25, 0.3) is 21.6 Å². The minimum Gasteiger partial charge on any atom is -0.378 e. The lowest BCUT2D eigenvalue weighted by molar-refractivity contribution is 0.123. The van der Waals surface area contributed by atoms with Crippen molar-refractivity contribution in [3.8, 4) is 16.8 Å². The van der Waals surface area contributed by atoms with E-state index in [9.17, 15) is 22.5 Å². The van der Waals surface area contributed by atoms with Crippen LogP contribution < -0.4 is 9.62 Å². The van der Waals surface area contributed by atoms with Gasteiger partial charge in [0.25, 0.3) is 6.43 Å². The van der Waals surface area contributed by atoms with Gasteiger partial charge in [-0.3, -0.25) is 0 Å². The van der Waals surface area contributed by atoms with Crippen LogP contribution in [0.5, 0.6) is 0 Å². The number of fused-ring (bicyclic) bond motifs is 1. The van der Waals surface area contributed by atoms with Crippen LogP contribution in [0.2, 0.25) is 0 Å². The maximum atomic E-state index is 13.3. The molecule has 1 N–H and O–H groups in total. The molecule has 1 aromatic carbocycles. The van der Waals surface area contributed by atoms with Gasteiger partial charge in [-0.2, -0.15) is 9.98 Å². The third-order valence-corrected chi connectivity index (χ3v) is 8.10. The molecule has 1 saturated heterocycles. The van der Waals surface area contributed by atoms with Gasteiger partial charge in [-0.15, -0.1) is 10.2 Å². The van der Waals surface area contributed by atoms with E-state index in [1.165, 1.54) is 12.1 Å². The summed E-state index contributed by atoms with van der Waals surface area (Å²) in [4.78, 5) is 10.8. The molecule has 1 saturated carbocycles. The van der Waals surface area contributed by atoms with Crippen LogP contribution in [0.4, 0.5) is 14.5 Å². The van der Waals surface area contributed by atoms with Gasteiger partial charge in [0.2, 0.25) is 10.0 Å². The number of nitrogens with zero attached hydrogens (tertiary/aromatic N) is 6. The van der Waals surface area contributed by atoms with E-state index in [4.69, 9.17) is 4.74 Å². The number of aryl methyl sites for hydroxylation is 1. The van der Waals surface area contributed by atoms with E-state index < -0.39 is 27.0 Å². The number of hydrogen-bond donors (Lipinski definition) is 1. The van der Waals surface area contributed by atoms with Gasteiger partial charge in [-0.05, 0) is 31.9 Å². The van der Waals surface area contributed by atoms with Crippen molar-refractivity contribution in [3.63, 3.8) is 0 Å². The Morgan fingerprint density at radius 1 is 1.24 bits per heavy atom. The molecule has 3 heterocycles. The number of ether oxygens (including phenoxy) is 1. The van der Waals surface area contributed by atoms with Gasteiger partial charge in [-0.25, -0.2) is 27.2 Å². The topological polar surface area (TPSA) is 134 Å². The van der Waals surface area contributed by atoms with Crippen LogP contribution in [0, 0.1) is 18.3 Å². The number of hydrogen-bond acceptors (Lipinski definition) is 10. The normalized spacial score (nSPS) is 17.8. The van der Waals surface area contributed by atoms with E-state index in [1.54, 1.807) is 6.92 Å². The van der Waals surface area contributed by atoms with Gasteiger partial charge < -0.3 is 9.64 Å². The van der Waals surface area contributed by atoms with Gasteiger partial charge in [0.15, 0.2) is 10.0 Å². The fourth-order valence-corrected chi connectivity index (χ4v) is 5.88. The lowest BCUT2D eigenvalue weighted by atomic mass is 10.1. The van der Waals surface area contributed by atoms with Crippen molar-refractivity contribution < 1.29 is 21.9 Å². The fraction of sp³-hybridized carbons (Fsp3) is 0.450. The number of aromatic nitrogens is 4. The van der Waals surface area contributed by atoms with Gasteiger partial charge >= 0.3 is 0 Å². The van der Waals surface area contributed by atoms with E-state index in [0.29, 0.717) is 72.9 Å². The standard InChI is InChI=1S/C20H19F2N7O3S2/c1-11-24-15-13(16(25-11)18-26-27-19(33-18)17(21)22)8-12(9-14(15)29-4-6-32-7-5-29)34(30,31)28-20(10-23)2-3-20/h8-9,17,28H,2-7H2,1H3. The second kappa shape index (κ2) is 8.42. The van der Waals surface area contributed by atoms with Crippen LogP contribution in [-0.4, -0.2) is 60.4 Å². The molecule has 2 aromatic heterocycles. The number of sulfonamides is 1. The Bertz CT molecular complexity index is 1410. The highest BCUT2D eigenvalue weighted by atomic mass is 32.2. The maximum Gasteiger partial charge on any atom is 0.291 e. The van der Waals surface area contributed by atoms with Crippen LogP contribution in [0.15, 0.2) is 17.0 Å². The van der Waals surface area contributed by atoms with Crippen LogP contribution in [-0.2, 0) is 14.8 Å². The number of nitrogens with one attached hydrogen (secondary N) is 1. The monoisotopic (exact) mass is 507 g/mol. The molecule has 2 fully saturated rings. The Morgan fingerprint density at radius 3 is 2.59 bits per heavy atom. The Morgan fingerprint density at radius 2 is 1.97 bits per heavy atom. The van der Waals surface area contributed by atoms with E-state index in [-0.39, 0.29) is 15.6 Å². The van der Waals surface area contributed by atoms with Gasteiger partial charge in [-0.1, -0.05) is 11.3 Å². The van der Waals surface area contributed by atoms with E-state index in [0.717, 1.165) is 0 Å². The first-order valence-electron chi connectivity index (χ1n) is 10.4. The summed E-state index contributed by atoms with van der Waals surface area (Å²) in [6, 6.07) is 4.94. The second-order valence-electron chi connectivity index (χ2n) is 8.10. The molecule has 0 radical (unpaired) electrons. The fourth-order valence-electron chi connectivity index (χ4n) is 3.76. The summed E-state index contributed by atoms with van der Waals surface area (Å²) in [7, 11) is -4.08. The maximum absolute atomic E-state index is 13.3. The molecule has 10 nitrogen and oxygen atoms in total. The van der Waals surface area contributed by atoms with Gasteiger partial charge in [0, 0.05) is 18.5 Å². The molecule has 34 heavy (non-hydrogen) atoms. The van der Waals surface area contributed by atoms with Crippen LogP contribution >= 0.6 is 11.3 Å². The zero-order valence-electron chi connectivity index (χ0n) is 18.0. The molecule has 0 amide bonds. The van der Waals surface area contributed by atoms with Crippen LogP contribution in [0.1, 0.15) is 30.1 Å². The smallest absolute Gasteiger partial charge is 0.291 e.